The smallest absolute Gasteiger partial charge is 0.0354 e. The van der Waals surface area contributed by atoms with E-state index in [1.807, 2.05) is 0 Å². The van der Waals surface area contributed by atoms with E-state index >= 15 is 0 Å². The molecule has 0 aromatic rings. The molecule has 2 rings (SSSR count). The average molecular weight is 250 g/mol. The molecule has 2 aliphatic rings. The molecule has 2 atom stereocenters. The molecular formula is C18H34. The van der Waals surface area contributed by atoms with E-state index in [0.29, 0.717) is 5.41 Å². The Balaban J connectivity index is 1.95. The lowest BCUT2D eigenvalue weighted by molar-refractivity contribution is 0.255. The first-order chi connectivity index (χ1) is 8.67. The Morgan fingerprint density at radius 2 is 0.944 bits per heavy atom. The summed E-state index contributed by atoms with van der Waals surface area (Å²) in [4.78, 5) is 0. The van der Waals surface area contributed by atoms with Crippen LogP contribution in [0.15, 0.2) is 0 Å². The summed E-state index contributed by atoms with van der Waals surface area (Å²) in [5.41, 5.74) is 0.622. The Kier molecular flexibility index (Phi) is 5.57. The van der Waals surface area contributed by atoms with Crippen LogP contribution in [-0.4, -0.2) is 0 Å². The number of hydrogen-bond donors (Lipinski definition) is 0. The van der Waals surface area contributed by atoms with Gasteiger partial charge in [0.05, 0.1) is 0 Å². The highest BCUT2D eigenvalue weighted by Gasteiger charge is 2.26. The van der Waals surface area contributed by atoms with Crippen LogP contribution in [-0.2, 0) is 0 Å². The monoisotopic (exact) mass is 250 g/mol. The zero-order valence-electron chi connectivity index (χ0n) is 12.8. The van der Waals surface area contributed by atoms with Crippen LogP contribution in [0.1, 0.15) is 97.3 Å². The minimum Gasteiger partial charge on any atom is -0.0599 e. The van der Waals surface area contributed by atoms with Gasteiger partial charge in [-0.25, -0.2) is 0 Å². The van der Waals surface area contributed by atoms with E-state index in [1.165, 1.54) is 70.6 Å². The van der Waals surface area contributed by atoms with Gasteiger partial charge in [0.25, 0.3) is 0 Å². The van der Waals surface area contributed by atoms with Gasteiger partial charge in [0, 0.05) is 0 Å². The van der Waals surface area contributed by atoms with Crippen molar-refractivity contribution >= 4 is 0 Å². The first kappa shape index (κ1) is 14.4. The lowest BCUT2D eigenvalue weighted by Crippen LogP contribution is -2.14. The van der Waals surface area contributed by atoms with E-state index in [1.54, 1.807) is 12.8 Å². The fourth-order valence-corrected chi connectivity index (χ4v) is 4.39. The third-order valence-electron chi connectivity index (χ3n) is 5.67. The Morgan fingerprint density at radius 1 is 0.556 bits per heavy atom. The summed E-state index contributed by atoms with van der Waals surface area (Å²) in [5.74, 6) is 2.16. The molecule has 18 heavy (non-hydrogen) atoms. The van der Waals surface area contributed by atoms with E-state index in [0.717, 1.165) is 11.8 Å². The fraction of sp³-hybridized carbons (Fsp3) is 1.00. The highest BCUT2D eigenvalue weighted by molar-refractivity contribution is 4.78. The predicted octanol–water partition coefficient (Wildman–Crippen LogP) is 6.34. The van der Waals surface area contributed by atoms with Gasteiger partial charge < -0.3 is 0 Å². The first-order valence-electron chi connectivity index (χ1n) is 8.67. The topological polar surface area (TPSA) is 0 Å². The lowest BCUT2D eigenvalue weighted by Gasteiger charge is -2.26. The van der Waals surface area contributed by atoms with Crippen molar-refractivity contribution in [2.45, 2.75) is 97.3 Å². The van der Waals surface area contributed by atoms with Crippen LogP contribution in [0.25, 0.3) is 0 Å². The molecule has 0 aromatic carbocycles. The van der Waals surface area contributed by atoms with Gasteiger partial charge in [-0.2, -0.15) is 0 Å². The normalized spacial score (nSPS) is 35.0. The lowest BCUT2D eigenvalue weighted by atomic mass is 9.80. The van der Waals surface area contributed by atoms with Gasteiger partial charge in [-0.15, -0.1) is 0 Å². The van der Waals surface area contributed by atoms with Crippen molar-refractivity contribution in [3.8, 4) is 0 Å². The standard InChI is InChI=1S/C18H34/c1-18(2)14-8-12-16-10-6-4-3-5-7-11-17(16)13-9-15-18/h16-17H,3-15H2,1-2H3. The summed E-state index contributed by atoms with van der Waals surface area (Å²) in [6.45, 7) is 4.98. The van der Waals surface area contributed by atoms with Gasteiger partial charge in [-0.05, 0) is 30.1 Å². The second-order valence-electron chi connectivity index (χ2n) is 7.81. The van der Waals surface area contributed by atoms with E-state index in [-0.39, 0.29) is 0 Å². The van der Waals surface area contributed by atoms with Crippen molar-refractivity contribution in [3.05, 3.63) is 0 Å². The molecule has 0 aliphatic heterocycles. The molecule has 106 valence electrons. The van der Waals surface area contributed by atoms with Crippen LogP contribution < -0.4 is 0 Å². The van der Waals surface area contributed by atoms with Crippen LogP contribution in [0.3, 0.4) is 0 Å². The van der Waals surface area contributed by atoms with Gasteiger partial charge >= 0.3 is 0 Å². The quantitative estimate of drug-likeness (QED) is 0.470. The van der Waals surface area contributed by atoms with Crippen molar-refractivity contribution in [1.29, 1.82) is 0 Å². The predicted molar refractivity (Wildman–Crippen MR) is 80.8 cm³/mol. The summed E-state index contributed by atoms with van der Waals surface area (Å²) in [6.07, 6.45) is 19.7. The van der Waals surface area contributed by atoms with Crippen LogP contribution in [0.2, 0.25) is 0 Å². The summed E-state index contributed by atoms with van der Waals surface area (Å²) in [7, 11) is 0. The second kappa shape index (κ2) is 6.96. The molecule has 2 aliphatic carbocycles. The summed E-state index contributed by atoms with van der Waals surface area (Å²) in [5, 5.41) is 0. The third kappa shape index (κ3) is 4.59. The SMILES string of the molecule is CC1(C)CCCC2CCCCCCCC2CCC1. The highest BCUT2D eigenvalue weighted by atomic mass is 14.3. The first-order valence-corrected chi connectivity index (χ1v) is 8.67. The molecule has 0 N–H and O–H groups in total. The van der Waals surface area contributed by atoms with Crippen molar-refractivity contribution in [2.75, 3.05) is 0 Å². The maximum atomic E-state index is 2.49. The van der Waals surface area contributed by atoms with Crippen molar-refractivity contribution in [3.63, 3.8) is 0 Å². The molecule has 0 aromatic heterocycles. The van der Waals surface area contributed by atoms with Crippen LogP contribution in [0, 0.1) is 17.3 Å². The van der Waals surface area contributed by atoms with Crippen molar-refractivity contribution in [2.24, 2.45) is 17.3 Å². The maximum absolute atomic E-state index is 2.49. The third-order valence-corrected chi connectivity index (χ3v) is 5.67. The van der Waals surface area contributed by atoms with Crippen LogP contribution in [0.4, 0.5) is 0 Å². The Labute approximate surface area is 115 Å². The molecule has 0 saturated heterocycles. The zero-order valence-corrected chi connectivity index (χ0v) is 12.8. The number of hydrogen-bond acceptors (Lipinski definition) is 0. The zero-order chi connectivity index (χ0) is 12.8. The summed E-state index contributed by atoms with van der Waals surface area (Å²) < 4.78 is 0. The van der Waals surface area contributed by atoms with Crippen molar-refractivity contribution in [1.82, 2.24) is 0 Å². The molecule has 2 unspecified atom stereocenters. The minimum atomic E-state index is 0.622. The van der Waals surface area contributed by atoms with Gasteiger partial charge in [0.2, 0.25) is 0 Å². The average Bonchev–Trinajstić information content (AvgIpc) is 2.45. The van der Waals surface area contributed by atoms with Crippen LogP contribution in [0.5, 0.6) is 0 Å². The molecule has 2 fully saturated rings. The van der Waals surface area contributed by atoms with Crippen LogP contribution >= 0.6 is 0 Å². The Bertz CT molecular complexity index is 206. The van der Waals surface area contributed by atoms with E-state index in [4.69, 9.17) is 0 Å². The van der Waals surface area contributed by atoms with Gasteiger partial charge in [-0.1, -0.05) is 84.5 Å². The molecule has 2 saturated carbocycles. The summed E-state index contributed by atoms with van der Waals surface area (Å²) >= 11 is 0. The summed E-state index contributed by atoms with van der Waals surface area (Å²) in [6, 6.07) is 0. The molecule has 0 heteroatoms. The molecule has 0 bridgehead atoms. The van der Waals surface area contributed by atoms with Crippen molar-refractivity contribution < 1.29 is 0 Å². The molecule has 0 spiro atoms. The molecule has 0 heterocycles. The Hall–Kier alpha value is 0. The minimum absolute atomic E-state index is 0.622. The van der Waals surface area contributed by atoms with Gasteiger partial charge in [-0.3, -0.25) is 0 Å². The van der Waals surface area contributed by atoms with Gasteiger partial charge in [0.1, 0.15) is 0 Å². The molecule has 0 radical (unpaired) electrons. The largest absolute Gasteiger partial charge is 0.0599 e. The fourth-order valence-electron chi connectivity index (χ4n) is 4.39. The van der Waals surface area contributed by atoms with E-state index in [9.17, 15) is 0 Å². The van der Waals surface area contributed by atoms with Gasteiger partial charge in [0.15, 0.2) is 0 Å². The van der Waals surface area contributed by atoms with E-state index in [2.05, 4.69) is 13.8 Å². The molecular weight excluding hydrogens is 216 g/mol. The molecule has 0 nitrogen and oxygen atoms in total. The molecule has 0 amide bonds. The van der Waals surface area contributed by atoms with E-state index < -0.39 is 0 Å². The number of rotatable bonds is 0. The number of fused-ring (bicyclic) bond motifs is 1. The Morgan fingerprint density at radius 3 is 1.44 bits per heavy atom. The maximum Gasteiger partial charge on any atom is -0.0354 e. The second-order valence-corrected chi connectivity index (χ2v) is 7.81. The highest BCUT2D eigenvalue weighted by Crippen LogP contribution is 2.39.